The summed E-state index contributed by atoms with van der Waals surface area (Å²) in [5, 5.41) is 8.02. The van der Waals surface area contributed by atoms with Crippen LogP contribution in [-0.2, 0) is 11.2 Å². The van der Waals surface area contributed by atoms with Crippen molar-refractivity contribution in [3.8, 4) is 0 Å². The van der Waals surface area contributed by atoms with Crippen molar-refractivity contribution in [1.29, 1.82) is 0 Å². The Hall–Kier alpha value is -2.56. The molecule has 0 N–H and O–H groups in total. The van der Waals surface area contributed by atoms with Gasteiger partial charge in [-0.15, -0.1) is 23.4 Å². The van der Waals surface area contributed by atoms with Crippen LogP contribution in [0.5, 0.6) is 0 Å². The molecule has 0 aliphatic carbocycles. The Labute approximate surface area is 151 Å². The summed E-state index contributed by atoms with van der Waals surface area (Å²) < 4.78 is 43.8. The maximum atomic E-state index is 13.3. The van der Waals surface area contributed by atoms with E-state index in [-0.39, 0.29) is 27.8 Å². The Morgan fingerprint density at radius 1 is 1.35 bits per heavy atom. The second kappa shape index (κ2) is 6.98. The van der Waals surface area contributed by atoms with Crippen molar-refractivity contribution >= 4 is 40.1 Å². The second-order valence-corrected chi connectivity index (χ2v) is 6.49. The zero-order valence-corrected chi connectivity index (χ0v) is 14.8. The highest BCUT2D eigenvalue weighted by molar-refractivity contribution is 7.09. The maximum absolute atomic E-state index is 13.3. The predicted molar refractivity (Wildman–Crippen MR) is 91.5 cm³/mol. The summed E-state index contributed by atoms with van der Waals surface area (Å²) >= 11 is 0.988. The topological polar surface area (TPSA) is 74.1 Å². The number of nitrogens with zero attached hydrogens (tertiary/aromatic N) is 6. The molecule has 1 aliphatic heterocycles. The summed E-state index contributed by atoms with van der Waals surface area (Å²) in [4.78, 5) is 16.7. The van der Waals surface area contributed by atoms with E-state index in [1.54, 1.807) is 20.0 Å². The summed E-state index contributed by atoms with van der Waals surface area (Å²) in [6.07, 6.45) is -3.54. The van der Waals surface area contributed by atoms with Crippen LogP contribution < -0.4 is 9.80 Å². The van der Waals surface area contributed by atoms with Crippen LogP contribution in [0.4, 0.5) is 35.4 Å². The molecule has 0 saturated carbocycles. The third-order valence-corrected chi connectivity index (χ3v) is 4.62. The number of aryl methyl sites for hydroxylation is 2. The molecule has 1 amide bonds. The number of fused-ring (bicyclic) bond motifs is 1. The monoisotopic (exact) mass is 384 g/mol. The zero-order chi connectivity index (χ0) is 18.9. The number of rotatable bonds is 4. The van der Waals surface area contributed by atoms with Gasteiger partial charge in [0.15, 0.2) is 0 Å². The summed E-state index contributed by atoms with van der Waals surface area (Å²) in [7, 11) is 1.80. The number of benzene rings is 1. The van der Waals surface area contributed by atoms with Gasteiger partial charge >= 0.3 is 6.30 Å². The van der Waals surface area contributed by atoms with Gasteiger partial charge in [0.25, 0.3) is 0 Å². The van der Waals surface area contributed by atoms with Crippen molar-refractivity contribution in [2.24, 2.45) is 10.2 Å². The smallest absolute Gasteiger partial charge is 0.374 e. The van der Waals surface area contributed by atoms with Crippen molar-refractivity contribution in [3.63, 3.8) is 0 Å². The number of hydrogen-bond acceptors (Lipinski definition) is 7. The van der Waals surface area contributed by atoms with Crippen molar-refractivity contribution in [2.75, 3.05) is 23.4 Å². The number of carbonyl (C=O) groups excluding carboxylic acids is 1. The third kappa shape index (κ3) is 3.66. The Bertz CT molecular complexity index is 850. The first-order valence-corrected chi connectivity index (χ1v) is 8.48. The molecule has 11 heteroatoms. The Morgan fingerprint density at radius 2 is 2.12 bits per heavy atom. The fraction of sp³-hybridized carbons (Fsp3) is 0.400. The third-order valence-electron chi connectivity index (χ3n) is 3.92. The lowest BCUT2D eigenvalue weighted by molar-refractivity contribution is -0.141. The first-order chi connectivity index (χ1) is 12.3. The lowest BCUT2D eigenvalue weighted by atomic mass is 10.0. The van der Waals surface area contributed by atoms with Crippen molar-refractivity contribution in [1.82, 2.24) is 9.36 Å². The molecule has 7 nitrogen and oxygen atoms in total. The lowest BCUT2D eigenvalue weighted by Crippen LogP contribution is -2.37. The van der Waals surface area contributed by atoms with Crippen LogP contribution in [-0.4, -0.2) is 35.7 Å². The average Bonchev–Trinajstić information content (AvgIpc) is 2.98. The molecule has 0 unspecified atom stereocenters. The van der Waals surface area contributed by atoms with Gasteiger partial charge in [-0.1, -0.05) is 0 Å². The van der Waals surface area contributed by atoms with Crippen molar-refractivity contribution in [2.45, 2.75) is 26.1 Å². The standard InChI is InChI=1S/C15H15F3N6OS/c1-9-19-14(26-22-9)21-20-11-6-10-4-3-5-23(2)12(10)7-13(11)24(8-25)15(16,17)18/h6-8H,3-5H2,1-2H3. The highest BCUT2D eigenvalue weighted by atomic mass is 32.1. The van der Waals surface area contributed by atoms with Crippen LogP contribution in [0.3, 0.4) is 0 Å². The zero-order valence-electron chi connectivity index (χ0n) is 14.0. The number of hydrogen-bond donors (Lipinski definition) is 0. The Balaban J connectivity index is 2.11. The van der Waals surface area contributed by atoms with Crippen molar-refractivity contribution < 1.29 is 18.0 Å². The lowest BCUT2D eigenvalue weighted by Gasteiger charge is -2.30. The van der Waals surface area contributed by atoms with Gasteiger partial charge in [-0.05, 0) is 37.5 Å². The molecular formula is C15H15F3N6OS. The van der Waals surface area contributed by atoms with Crippen LogP contribution in [0.1, 0.15) is 17.8 Å². The molecule has 138 valence electrons. The molecule has 3 rings (SSSR count). The van der Waals surface area contributed by atoms with E-state index in [4.69, 9.17) is 0 Å². The number of aromatic nitrogens is 2. The number of alkyl halides is 3. The van der Waals surface area contributed by atoms with E-state index in [1.165, 1.54) is 6.07 Å². The minimum absolute atomic E-state index is 0.0451. The predicted octanol–water partition coefficient (Wildman–Crippen LogP) is 4.13. The van der Waals surface area contributed by atoms with Gasteiger partial charge in [0.1, 0.15) is 11.5 Å². The summed E-state index contributed by atoms with van der Waals surface area (Å²) in [6, 6.07) is 2.87. The first-order valence-electron chi connectivity index (χ1n) is 7.71. The number of anilines is 2. The molecule has 0 fully saturated rings. The quantitative estimate of drug-likeness (QED) is 0.451. The highest BCUT2D eigenvalue weighted by Gasteiger charge is 2.39. The summed E-state index contributed by atoms with van der Waals surface area (Å²) in [5.74, 6) is 0.501. The van der Waals surface area contributed by atoms with Gasteiger partial charge in [0.05, 0.1) is 5.69 Å². The largest absolute Gasteiger partial charge is 0.491 e. The van der Waals surface area contributed by atoms with Gasteiger partial charge in [-0.2, -0.15) is 4.37 Å². The molecule has 0 radical (unpaired) electrons. The first kappa shape index (κ1) is 18.2. The molecule has 1 aromatic heterocycles. The second-order valence-electron chi connectivity index (χ2n) is 5.76. The van der Waals surface area contributed by atoms with E-state index in [2.05, 4.69) is 19.6 Å². The molecular weight excluding hydrogens is 369 g/mol. The molecule has 2 heterocycles. The van der Waals surface area contributed by atoms with E-state index in [0.717, 1.165) is 30.1 Å². The molecule has 1 aliphatic rings. The fourth-order valence-corrected chi connectivity index (χ4v) is 3.25. The van der Waals surface area contributed by atoms with Gasteiger partial charge in [-0.25, -0.2) is 9.88 Å². The molecule has 0 bridgehead atoms. The average molecular weight is 384 g/mol. The minimum Gasteiger partial charge on any atom is -0.374 e. The van der Waals surface area contributed by atoms with Crippen LogP contribution in [0.2, 0.25) is 0 Å². The fourth-order valence-electron chi connectivity index (χ4n) is 2.74. The Kier molecular flexibility index (Phi) is 4.90. The van der Waals surface area contributed by atoms with E-state index >= 15 is 0 Å². The molecule has 0 spiro atoms. The van der Waals surface area contributed by atoms with E-state index in [9.17, 15) is 18.0 Å². The van der Waals surface area contributed by atoms with Crippen LogP contribution in [0.25, 0.3) is 0 Å². The van der Waals surface area contributed by atoms with Crippen LogP contribution in [0.15, 0.2) is 22.4 Å². The van der Waals surface area contributed by atoms with Crippen LogP contribution >= 0.6 is 11.5 Å². The van der Waals surface area contributed by atoms with E-state index in [1.807, 2.05) is 4.90 Å². The highest BCUT2D eigenvalue weighted by Crippen LogP contribution is 2.41. The molecule has 1 aromatic carbocycles. The van der Waals surface area contributed by atoms with Gasteiger partial charge < -0.3 is 4.90 Å². The molecule has 0 atom stereocenters. The normalized spacial score (nSPS) is 14.6. The molecule has 26 heavy (non-hydrogen) atoms. The molecule has 2 aromatic rings. The van der Waals surface area contributed by atoms with Crippen molar-refractivity contribution in [3.05, 3.63) is 23.5 Å². The number of amides is 1. The van der Waals surface area contributed by atoms with E-state index < -0.39 is 6.30 Å². The molecule has 0 saturated heterocycles. The number of azo groups is 1. The maximum Gasteiger partial charge on any atom is 0.491 e. The number of halogens is 3. The van der Waals surface area contributed by atoms with Gasteiger partial charge in [0, 0.05) is 30.8 Å². The Morgan fingerprint density at radius 3 is 2.73 bits per heavy atom. The number of carbonyl (C=O) groups is 1. The van der Waals surface area contributed by atoms with Gasteiger partial charge in [-0.3, -0.25) is 4.79 Å². The minimum atomic E-state index is -4.87. The SMILES string of the molecule is Cc1nsc(N=Nc2cc3c(cc2N(C=O)C(F)(F)F)N(C)CCC3)n1. The van der Waals surface area contributed by atoms with Gasteiger partial charge in [0.2, 0.25) is 11.5 Å². The summed E-state index contributed by atoms with van der Waals surface area (Å²) in [5.41, 5.74) is 1.09. The summed E-state index contributed by atoms with van der Waals surface area (Å²) in [6.45, 7) is 2.40. The van der Waals surface area contributed by atoms with E-state index in [0.29, 0.717) is 17.9 Å². The van der Waals surface area contributed by atoms with Crippen LogP contribution in [0, 0.1) is 6.92 Å².